The number of anilines is 1. The molecule has 2 aromatic carbocycles. The van der Waals surface area contributed by atoms with E-state index in [0.29, 0.717) is 29.0 Å². The van der Waals surface area contributed by atoms with Crippen molar-refractivity contribution in [2.45, 2.75) is 36.1 Å². The van der Waals surface area contributed by atoms with Crippen LogP contribution in [0.1, 0.15) is 28.8 Å². The van der Waals surface area contributed by atoms with Crippen LogP contribution in [0.25, 0.3) is 0 Å². The second-order valence-electron chi connectivity index (χ2n) is 8.20. The summed E-state index contributed by atoms with van der Waals surface area (Å²) in [4.78, 5) is 25.5. The van der Waals surface area contributed by atoms with Crippen LogP contribution in [0.5, 0.6) is 0 Å². The third-order valence-corrected chi connectivity index (χ3v) is 6.73. The number of benzene rings is 2. The summed E-state index contributed by atoms with van der Waals surface area (Å²) >= 11 is 6.06. The average Bonchev–Trinajstić information content (AvgIpc) is 3.22. The zero-order chi connectivity index (χ0) is 23.0. The van der Waals surface area contributed by atoms with E-state index in [4.69, 9.17) is 0 Å². The highest BCUT2D eigenvalue weighted by Gasteiger charge is 2.40. The lowest BCUT2D eigenvalue weighted by molar-refractivity contribution is -0.144. The topological polar surface area (TPSA) is 90.5 Å². The minimum Gasteiger partial charge on any atom is -0.479 e. The van der Waals surface area contributed by atoms with Crippen LogP contribution >= 0.6 is 24.4 Å². The van der Waals surface area contributed by atoms with Gasteiger partial charge in [-0.3, -0.25) is 4.79 Å². The van der Waals surface area contributed by atoms with Gasteiger partial charge >= 0.3 is 5.97 Å². The summed E-state index contributed by atoms with van der Waals surface area (Å²) < 4.78 is 0. The van der Waals surface area contributed by atoms with E-state index in [1.807, 2.05) is 48.7 Å². The highest BCUT2D eigenvalue weighted by molar-refractivity contribution is 7.98. The van der Waals surface area contributed by atoms with Crippen LogP contribution in [0, 0.1) is 0 Å². The fourth-order valence-corrected chi connectivity index (χ4v) is 4.82. The number of nitrogens with one attached hydrogen (secondary N) is 3. The van der Waals surface area contributed by atoms with E-state index in [1.165, 1.54) is 0 Å². The summed E-state index contributed by atoms with van der Waals surface area (Å²) in [6, 6.07) is 17.0. The van der Waals surface area contributed by atoms with Crippen molar-refractivity contribution in [2.75, 3.05) is 30.4 Å². The maximum absolute atomic E-state index is 13.1. The first-order chi connectivity index (χ1) is 15.4. The van der Waals surface area contributed by atoms with Gasteiger partial charge in [0.15, 0.2) is 0 Å². The highest BCUT2D eigenvalue weighted by Crippen LogP contribution is 2.22. The third kappa shape index (κ3) is 6.67. The quantitative estimate of drug-likeness (QED) is 0.322. The van der Waals surface area contributed by atoms with Gasteiger partial charge in [-0.05, 0) is 48.6 Å². The molecule has 0 spiro atoms. The molecular formula is C24H31N3O3S2. The maximum Gasteiger partial charge on any atom is 0.329 e. The molecule has 0 aromatic heterocycles. The summed E-state index contributed by atoms with van der Waals surface area (Å²) in [6.07, 6.45) is 3.49. The molecule has 0 aliphatic carbocycles. The molecule has 4 N–H and O–H groups in total. The Bertz CT molecular complexity index is 912. The van der Waals surface area contributed by atoms with E-state index in [1.54, 1.807) is 23.9 Å². The molecule has 0 bridgehead atoms. The molecule has 32 heavy (non-hydrogen) atoms. The fourth-order valence-electron chi connectivity index (χ4n) is 3.91. The molecule has 3 atom stereocenters. The van der Waals surface area contributed by atoms with Gasteiger partial charge in [-0.25, -0.2) is 4.79 Å². The van der Waals surface area contributed by atoms with Gasteiger partial charge in [0.1, 0.15) is 5.54 Å². The molecule has 3 rings (SSSR count). The van der Waals surface area contributed by atoms with Crippen LogP contribution in [0.4, 0.5) is 5.69 Å². The van der Waals surface area contributed by atoms with E-state index in [-0.39, 0.29) is 12.3 Å². The molecule has 8 heteroatoms. The molecule has 6 nitrogen and oxygen atoms in total. The largest absolute Gasteiger partial charge is 0.479 e. The van der Waals surface area contributed by atoms with Crippen molar-refractivity contribution in [3.8, 4) is 0 Å². The van der Waals surface area contributed by atoms with E-state index >= 15 is 0 Å². The first-order valence-electron chi connectivity index (χ1n) is 10.8. The van der Waals surface area contributed by atoms with Crippen LogP contribution in [0.2, 0.25) is 0 Å². The minimum absolute atomic E-state index is 0.228. The van der Waals surface area contributed by atoms with Gasteiger partial charge in [0.05, 0.1) is 0 Å². The number of rotatable bonds is 11. The van der Waals surface area contributed by atoms with Crippen molar-refractivity contribution in [1.29, 1.82) is 0 Å². The molecule has 2 aromatic rings. The van der Waals surface area contributed by atoms with Crippen molar-refractivity contribution in [1.82, 2.24) is 10.6 Å². The Kier molecular flexibility index (Phi) is 8.90. The second-order valence-corrected chi connectivity index (χ2v) is 9.92. The molecule has 0 saturated carbocycles. The van der Waals surface area contributed by atoms with Crippen molar-refractivity contribution < 1.29 is 14.7 Å². The molecule has 1 aliphatic heterocycles. The molecule has 3 unspecified atom stereocenters. The maximum atomic E-state index is 13.1. The Balaban J connectivity index is 1.74. The number of amides is 1. The second kappa shape index (κ2) is 11.6. The van der Waals surface area contributed by atoms with Gasteiger partial charge in [-0.1, -0.05) is 36.4 Å². The van der Waals surface area contributed by atoms with E-state index in [0.717, 1.165) is 30.8 Å². The van der Waals surface area contributed by atoms with Gasteiger partial charge in [-0.2, -0.15) is 24.4 Å². The Morgan fingerprint density at radius 3 is 2.66 bits per heavy atom. The summed E-state index contributed by atoms with van der Waals surface area (Å²) in [5.41, 5.74) is 0.762. The molecule has 1 fully saturated rings. The Hall–Kier alpha value is -2.16. The predicted molar refractivity (Wildman–Crippen MR) is 135 cm³/mol. The standard InChI is InChI=1S/C24H31N3O3S2/c1-32-11-10-24(23(29)30,14-17-6-3-2-4-7-17)27-22(28)18-8-5-9-19(12-18)25-15-20-13-21(31)16-26-20/h2-9,12,20-21,25-26,31H,10-11,13-16H2,1H3,(H,27,28)(H,29,30). The Labute approximate surface area is 199 Å². The van der Waals surface area contributed by atoms with Crippen molar-refractivity contribution in [3.63, 3.8) is 0 Å². The van der Waals surface area contributed by atoms with Gasteiger partial charge in [-0.15, -0.1) is 0 Å². The lowest BCUT2D eigenvalue weighted by Crippen LogP contribution is -2.56. The first-order valence-corrected chi connectivity index (χ1v) is 12.7. The number of carbonyl (C=O) groups is 2. The monoisotopic (exact) mass is 473 g/mol. The van der Waals surface area contributed by atoms with Crippen LogP contribution in [-0.2, 0) is 11.2 Å². The van der Waals surface area contributed by atoms with Crippen LogP contribution in [0.15, 0.2) is 54.6 Å². The Morgan fingerprint density at radius 2 is 2.00 bits per heavy atom. The molecular weight excluding hydrogens is 442 g/mol. The van der Waals surface area contributed by atoms with Crippen LogP contribution in [0.3, 0.4) is 0 Å². The van der Waals surface area contributed by atoms with Crippen molar-refractivity contribution >= 4 is 42.0 Å². The van der Waals surface area contributed by atoms with E-state index < -0.39 is 11.5 Å². The summed E-state index contributed by atoms with van der Waals surface area (Å²) in [5.74, 6) is -0.782. The first kappa shape index (κ1) is 24.5. The SMILES string of the molecule is CSCCC(Cc1ccccc1)(NC(=O)c1cccc(NCC2CC(S)CN2)c1)C(=O)O. The van der Waals surface area contributed by atoms with Gasteiger partial charge < -0.3 is 21.1 Å². The lowest BCUT2D eigenvalue weighted by Gasteiger charge is -2.31. The number of aliphatic carboxylic acids is 1. The summed E-state index contributed by atoms with van der Waals surface area (Å²) in [6.45, 7) is 1.63. The third-order valence-electron chi connectivity index (χ3n) is 5.72. The van der Waals surface area contributed by atoms with Crippen molar-refractivity contribution in [2.24, 2.45) is 0 Å². The number of carboxylic acid groups (broad SMARTS) is 1. The number of hydrogen-bond donors (Lipinski definition) is 5. The molecule has 1 amide bonds. The molecule has 1 heterocycles. The lowest BCUT2D eigenvalue weighted by atomic mass is 9.87. The van der Waals surface area contributed by atoms with Crippen LogP contribution < -0.4 is 16.0 Å². The highest BCUT2D eigenvalue weighted by atomic mass is 32.2. The Morgan fingerprint density at radius 1 is 1.22 bits per heavy atom. The number of thioether (sulfide) groups is 1. The average molecular weight is 474 g/mol. The number of hydrogen-bond acceptors (Lipinski definition) is 6. The predicted octanol–water partition coefficient (Wildman–Crippen LogP) is 3.31. The van der Waals surface area contributed by atoms with Gasteiger partial charge in [0, 0.05) is 42.1 Å². The number of thiol groups is 1. The van der Waals surface area contributed by atoms with E-state index in [9.17, 15) is 14.7 Å². The summed E-state index contributed by atoms with van der Waals surface area (Å²) in [5, 5.41) is 20.1. The molecule has 0 radical (unpaired) electrons. The fraction of sp³-hybridized carbons (Fsp3) is 0.417. The van der Waals surface area contributed by atoms with Crippen molar-refractivity contribution in [3.05, 3.63) is 65.7 Å². The smallest absolute Gasteiger partial charge is 0.329 e. The van der Waals surface area contributed by atoms with E-state index in [2.05, 4.69) is 28.6 Å². The van der Waals surface area contributed by atoms with Gasteiger partial charge in [0.2, 0.25) is 0 Å². The minimum atomic E-state index is -1.37. The number of carbonyl (C=O) groups excluding carboxylic acids is 1. The number of carboxylic acids is 1. The molecule has 1 saturated heterocycles. The van der Waals surface area contributed by atoms with Crippen LogP contribution in [-0.4, -0.2) is 58.9 Å². The molecule has 1 aliphatic rings. The summed E-state index contributed by atoms with van der Waals surface area (Å²) in [7, 11) is 0. The zero-order valence-electron chi connectivity index (χ0n) is 18.2. The van der Waals surface area contributed by atoms with Gasteiger partial charge in [0.25, 0.3) is 5.91 Å². The molecule has 172 valence electrons. The zero-order valence-corrected chi connectivity index (χ0v) is 19.9. The normalized spacial score (nSPS) is 19.8.